The molecule has 0 saturated heterocycles. The third-order valence-electron chi connectivity index (χ3n) is 11.3. The van der Waals surface area contributed by atoms with Crippen molar-refractivity contribution >= 4 is 16.8 Å². The van der Waals surface area contributed by atoms with Gasteiger partial charge in [-0.05, 0) is 104 Å². The molecule has 1 aromatic carbocycles. The number of rotatable bonds is 4. The number of benzene rings is 1. The van der Waals surface area contributed by atoms with Crippen molar-refractivity contribution in [3.8, 4) is 5.75 Å². The van der Waals surface area contributed by atoms with Gasteiger partial charge in [0.05, 0.1) is 12.6 Å². The van der Waals surface area contributed by atoms with Crippen molar-refractivity contribution < 1.29 is 9.53 Å². The zero-order chi connectivity index (χ0) is 25.7. The Kier molecular flexibility index (Phi) is 6.97. The minimum absolute atomic E-state index is 0.150. The summed E-state index contributed by atoms with van der Waals surface area (Å²) in [6.45, 7) is 11.9. The molecule has 4 aliphatic rings. The molecule has 0 bridgehead atoms. The third kappa shape index (κ3) is 4.00. The van der Waals surface area contributed by atoms with Crippen LogP contribution in [-0.2, 0) is 11.3 Å². The van der Waals surface area contributed by atoms with Crippen molar-refractivity contribution in [3.05, 3.63) is 18.2 Å². The van der Waals surface area contributed by atoms with Crippen molar-refractivity contribution in [2.75, 3.05) is 7.11 Å². The van der Waals surface area contributed by atoms with Gasteiger partial charge in [0.15, 0.2) is 5.78 Å². The van der Waals surface area contributed by atoms with E-state index >= 15 is 0 Å². The number of nitrogens with zero attached hydrogens (tertiary/aromatic N) is 3. The highest BCUT2D eigenvalue weighted by molar-refractivity contribution is 5.84. The maximum atomic E-state index is 13.7. The molecular weight excluding hydrogens is 446 g/mol. The number of Topliss-reactive ketones (excluding diaryl/α,β-unsaturated/α-hetero) is 1. The number of fused-ring (bicyclic) bond motifs is 6. The standard InChI is InChI=1S/C29H41N3O2.C2H6/c1-18-11-13-28(2)19(15-18)5-7-21-22-8-9-24(29(22,3)14-12-23(21)28)27(33)17-32-26-16-20(34-4)6-10-25(26)30-31-32;1-2/h6,10,16,18-19,21-24H,5,7-9,11-15,17H2,1-4H3;1-2H3/t18?,19?,21?,22?,23?,24?,28-,29-;/m0./s1. The highest BCUT2D eigenvalue weighted by atomic mass is 16.5. The Morgan fingerprint density at radius 3 is 2.56 bits per heavy atom. The van der Waals surface area contributed by atoms with Gasteiger partial charge in [-0.15, -0.1) is 5.10 Å². The number of ketones is 1. The molecule has 5 nitrogen and oxygen atoms in total. The number of aromatic nitrogens is 3. The van der Waals surface area contributed by atoms with Gasteiger partial charge in [-0.25, -0.2) is 4.68 Å². The molecule has 1 aromatic heterocycles. The fourth-order valence-electron chi connectivity index (χ4n) is 9.45. The zero-order valence-electron chi connectivity index (χ0n) is 23.4. The molecule has 6 unspecified atom stereocenters. The van der Waals surface area contributed by atoms with Gasteiger partial charge in [-0.2, -0.15) is 0 Å². The van der Waals surface area contributed by atoms with Crippen LogP contribution in [0.4, 0.5) is 0 Å². The van der Waals surface area contributed by atoms with Crippen LogP contribution in [0.25, 0.3) is 11.0 Å². The number of methoxy groups -OCH3 is 1. The van der Waals surface area contributed by atoms with Crippen LogP contribution in [0.5, 0.6) is 5.75 Å². The molecule has 6 rings (SSSR count). The molecule has 0 radical (unpaired) electrons. The van der Waals surface area contributed by atoms with Crippen molar-refractivity contribution in [3.63, 3.8) is 0 Å². The molecule has 36 heavy (non-hydrogen) atoms. The van der Waals surface area contributed by atoms with Crippen LogP contribution in [0, 0.1) is 46.3 Å². The molecule has 4 aliphatic carbocycles. The second-order valence-electron chi connectivity index (χ2n) is 12.8. The molecule has 0 N–H and O–H groups in total. The predicted molar refractivity (Wildman–Crippen MR) is 145 cm³/mol. The van der Waals surface area contributed by atoms with Gasteiger partial charge in [0.1, 0.15) is 17.8 Å². The van der Waals surface area contributed by atoms with Crippen molar-refractivity contribution in [1.82, 2.24) is 15.0 Å². The number of hydrogen-bond acceptors (Lipinski definition) is 4. The van der Waals surface area contributed by atoms with E-state index in [4.69, 9.17) is 4.74 Å². The second kappa shape index (κ2) is 9.76. The normalized spacial score (nSPS) is 39.4. The smallest absolute Gasteiger partial charge is 0.157 e. The Morgan fingerprint density at radius 2 is 1.78 bits per heavy atom. The van der Waals surface area contributed by atoms with Crippen LogP contribution < -0.4 is 4.74 Å². The Balaban J connectivity index is 0.00000130. The van der Waals surface area contributed by atoms with Crippen LogP contribution >= 0.6 is 0 Å². The first-order chi connectivity index (χ1) is 17.3. The summed E-state index contributed by atoms with van der Waals surface area (Å²) in [5.74, 6) is 5.52. The molecule has 2 aromatic rings. The predicted octanol–water partition coefficient (Wildman–Crippen LogP) is 7.33. The van der Waals surface area contributed by atoms with Gasteiger partial charge < -0.3 is 4.74 Å². The largest absolute Gasteiger partial charge is 0.497 e. The molecule has 4 fully saturated rings. The number of hydrogen-bond donors (Lipinski definition) is 0. The Bertz CT molecular complexity index is 1090. The molecule has 1 heterocycles. The monoisotopic (exact) mass is 493 g/mol. The van der Waals surface area contributed by atoms with E-state index in [1.165, 1.54) is 51.4 Å². The Hall–Kier alpha value is -1.91. The van der Waals surface area contributed by atoms with E-state index in [9.17, 15) is 4.79 Å². The van der Waals surface area contributed by atoms with Crippen LogP contribution in [0.2, 0.25) is 0 Å². The van der Waals surface area contributed by atoms with Gasteiger partial charge in [0, 0.05) is 12.0 Å². The number of ether oxygens (including phenoxy) is 1. The van der Waals surface area contributed by atoms with Crippen LogP contribution in [-0.4, -0.2) is 27.9 Å². The molecule has 0 aliphatic heterocycles. The van der Waals surface area contributed by atoms with E-state index in [-0.39, 0.29) is 11.3 Å². The first-order valence-corrected chi connectivity index (χ1v) is 14.7. The lowest BCUT2D eigenvalue weighted by molar-refractivity contribution is -0.137. The lowest BCUT2D eigenvalue weighted by Gasteiger charge is -2.61. The molecule has 8 atom stereocenters. The highest BCUT2D eigenvalue weighted by Crippen LogP contribution is 2.67. The average molecular weight is 494 g/mol. The van der Waals surface area contributed by atoms with E-state index in [2.05, 4.69) is 31.1 Å². The first kappa shape index (κ1) is 25.7. The lowest BCUT2D eigenvalue weighted by Crippen LogP contribution is -2.53. The summed E-state index contributed by atoms with van der Waals surface area (Å²) in [6.07, 6.45) is 11.9. The summed E-state index contributed by atoms with van der Waals surface area (Å²) in [4.78, 5) is 13.7. The highest BCUT2D eigenvalue weighted by Gasteiger charge is 2.60. The quantitative estimate of drug-likeness (QED) is 0.447. The summed E-state index contributed by atoms with van der Waals surface area (Å²) in [6, 6.07) is 5.75. The molecule has 5 heteroatoms. The van der Waals surface area contributed by atoms with Crippen molar-refractivity contribution in [2.24, 2.45) is 46.3 Å². The summed E-state index contributed by atoms with van der Waals surface area (Å²) in [5.41, 5.74) is 2.39. The second-order valence-corrected chi connectivity index (χ2v) is 12.8. The molecule has 198 valence electrons. The van der Waals surface area contributed by atoms with E-state index in [1.807, 2.05) is 32.0 Å². The summed E-state index contributed by atoms with van der Waals surface area (Å²) in [7, 11) is 1.66. The van der Waals surface area contributed by atoms with Gasteiger partial charge in [0.2, 0.25) is 0 Å². The minimum Gasteiger partial charge on any atom is -0.497 e. The van der Waals surface area contributed by atoms with E-state index < -0.39 is 0 Å². The fraction of sp³-hybridized carbons (Fsp3) is 0.774. The van der Waals surface area contributed by atoms with Crippen LogP contribution in [0.15, 0.2) is 18.2 Å². The Labute approximate surface area is 217 Å². The summed E-state index contributed by atoms with van der Waals surface area (Å²) in [5, 5.41) is 8.61. The van der Waals surface area contributed by atoms with Gasteiger partial charge in [0.25, 0.3) is 0 Å². The maximum absolute atomic E-state index is 13.7. The molecule has 4 saturated carbocycles. The molecule has 0 amide bonds. The maximum Gasteiger partial charge on any atom is 0.157 e. The lowest BCUT2D eigenvalue weighted by atomic mass is 9.44. The summed E-state index contributed by atoms with van der Waals surface area (Å²) < 4.78 is 7.18. The van der Waals surface area contributed by atoms with Crippen molar-refractivity contribution in [2.45, 2.75) is 99.0 Å². The third-order valence-corrected chi connectivity index (χ3v) is 11.3. The SMILES string of the molecule is CC.COc1ccc2nnn(CC(=O)C3CCC4C5CCC6CC(C)CC[C@]6(C)C5CC[C@]34C)c2c1. The molecule has 0 spiro atoms. The van der Waals surface area contributed by atoms with Gasteiger partial charge in [-0.1, -0.05) is 46.3 Å². The number of carbonyl (C=O) groups is 1. The van der Waals surface area contributed by atoms with E-state index in [0.717, 1.165) is 46.9 Å². The van der Waals surface area contributed by atoms with Crippen LogP contribution in [0.1, 0.15) is 92.4 Å². The topological polar surface area (TPSA) is 57.0 Å². The minimum atomic E-state index is 0.150. The van der Waals surface area contributed by atoms with Gasteiger partial charge in [-0.3, -0.25) is 4.79 Å². The molecular formula is C31H47N3O2. The first-order valence-electron chi connectivity index (χ1n) is 14.7. The van der Waals surface area contributed by atoms with Crippen LogP contribution in [0.3, 0.4) is 0 Å². The van der Waals surface area contributed by atoms with E-state index in [0.29, 0.717) is 23.7 Å². The fourth-order valence-corrected chi connectivity index (χ4v) is 9.45. The van der Waals surface area contributed by atoms with E-state index in [1.54, 1.807) is 11.8 Å². The summed E-state index contributed by atoms with van der Waals surface area (Å²) >= 11 is 0. The number of carbonyl (C=O) groups excluding carboxylic acids is 1. The van der Waals surface area contributed by atoms with Gasteiger partial charge >= 0.3 is 0 Å². The van der Waals surface area contributed by atoms with Crippen molar-refractivity contribution in [1.29, 1.82) is 0 Å². The average Bonchev–Trinajstić information content (AvgIpc) is 3.45. The Morgan fingerprint density at radius 1 is 1.03 bits per heavy atom. The zero-order valence-corrected chi connectivity index (χ0v) is 23.4.